The van der Waals surface area contributed by atoms with E-state index in [9.17, 15) is 18.3 Å². The van der Waals surface area contributed by atoms with Crippen molar-refractivity contribution in [2.45, 2.75) is 22.2 Å². The van der Waals surface area contributed by atoms with Crippen LogP contribution < -0.4 is 5.32 Å². The monoisotopic (exact) mass is 475 g/mol. The minimum Gasteiger partial charge on any atom is -0.479 e. The Balaban J connectivity index is 2.21. The SMILES string of the molecule is O=C(O)C1(F)CCNCC1S(=O)(=O)c1ccc(Br)cc1-c1ccccc1Cl. The van der Waals surface area contributed by atoms with E-state index in [4.69, 9.17) is 11.6 Å². The van der Waals surface area contributed by atoms with Crippen molar-refractivity contribution in [2.24, 2.45) is 0 Å². The number of rotatable bonds is 4. The zero-order valence-electron chi connectivity index (χ0n) is 14.0. The summed E-state index contributed by atoms with van der Waals surface area (Å²) in [7, 11) is -4.32. The molecule has 1 aliphatic heterocycles. The van der Waals surface area contributed by atoms with Crippen molar-refractivity contribution in [2.75, 3.05) is 13.1 Å². The first kappa shape index (κ1) is 20.3. The Morgan fingerprint density at radius 2 is 1.96 bits per heavy atom. The summed E-state index contributed by atoms with van der Waals surface area (Å²) in [6.45, 7) is -0.199. The molecule has 2 N–H and O–H groups in total. The molecule has 0 radical (unpaired) electrons. The van der Waals surface area contributed by atoms with E-state index in [2.05, 4.69) is 21.2 Å². The molecule has 3 rings (SSSR count). The van der Waals surface area contributed by atoms with Gasteiger partial charge in [-0.1, -0.05) is 45.7 Å². The second kappa shape index (κ2) is 7.50. The number of hydrogen-bond donors (Lipinski definition) is 2. The van der Waals surface area contributed by atoms with Gasteiger partial charge in [0.2, 0.25) is 5.67 Å². The number of benzene rings is 2. The van der Waals surface area contributed by atoms with Crippen LogP contribution in [0.1, 0.15) is 6.42 Å². The molecule has 0 aromatic heterocycles. The van der Waals surface area contributed by atoms with Gasteiger partial charge in [-0.2, -0.15) is 0 Å². The normalized spacial score (nSPS) is 23.1. The van der Waals surface area contributed by atoms with E-state index in [-0.39, 0.29) is 23.5 Å². The molecule has 0 spiro atoms. The molecule has 1 heterocycles. The van der Waals surface area contributed by atoms with E-state index in [0.717, 1.165) is 0 Å². The molecule has 0 aliphatic carbocycles. The Kier molecular flexibility index (Phi) is 5.63. The summed E-state index contributed by atoms with van der Waals surface area (Å²) in [5, 5.41) is 10.7. The zero-order chi connectivity index (χ0) is 19.8. The number of piperidine rings is 1. The molecule has 27 heavy (non-hydrogen) atoms. The van der Waals surface area contributed by atoms with Gasteiger partial charge in [-0.05, 0) is 30.8 Å². The van der Waals surface area contributed by atoms with Crippen molar-refractivity contribution in [1.29, 1.82) is 0 Å². The van der Waals surface area contributed by atoms with Gasteiger partial charge in [0.25, 0.3) is 0 Å². The van der Waals surface area contributed by atoms with Crippen molar-refractivity contribution in [3.63, 3.8) is 0 Å². The number of sulfone groups is 1. The standard InChI is InChI=1S/C18H16BrClFNO4S/c19-11-5-6-15(13(9-11)12-3-1-2-4-14(12)20)27(25,26)16-10-22-8-7-18(16,21)17(23)24/h1-6,9,16,22H,7-8,10H2,(H,23,24). The topological polar surface area (TPSA) is 83.5 Å². The summed E-state index contributed by atoms with van der Waals surface area (Å²) >= 11 is 9.54. The lowest BCUT2D eigenvalue weighted by Crippen LogP contribution is -2.59. The van der Waals surface area contributed by atoms with Crippen LogP contribution in [-0.4, -0.2) is 43.5 Å². The van der Waals surface area contributed by atoms with Crippen LogP contribution in [0.25, 0.3) is 11.1 Å². The van der Waals surface area contributed by atoms with Gasteiger partial charge in [-0.25, -0.2) is 17.6 Å². The Bertz CT molecular complexity index is 1000. The number of hydrogen-bond acceptors (Lipinski definition) is 4. The van der Waals surface area contributed by atoms with E-state index in [0.29, 0.717) is 15.1 Å². The van der Waals surface area contributed by atoms with Crippen molar-refractivity contribution in [1.82, 2.24) is 5.32 Å². The second-order valence-electron chi connectivity index (χ2n) is 6.28. The zero-order valence-corrected chi connectivity index (χ0v) is 17.1. The number of halogens is 3. The molecule has 0 bridgehead atoms. The number of aliphatic carboxylic acids is 1. The quantitative estimate of drug-likeness (QED) is 0.703. The molecule has 1 aliphatic rings. The van der Waals surface area contributed by atoms with Gasteiger partial charge in [-0.15, -0.1) is 0 Å². The van der Waals surface area contributed by atoms with Crippen molar-refractivity contribution in [3.05, 3.63) is 52.0 Å². The fourth-order valence-corrected chi connectivity index (χ4v) is 5.91. The fourth-order valence-electron chi connectivity index (χ4n) is 3.22. The molecular weight excluding hydrogens is 461 g/mol. The first-order valence-electron chi connectivity index (χ1n) is 8.09. The lowest BCUT2D eigenvalue weighted by atomic mass is 9.94. The summed E-state index contributed by atoms with van der Waals surface area (Å²) in [5.41, 5.74) is -2.12. The van der Waals surface area contributed by atoms with Gasteiger partial charge in [-0.3, -0.25) is 0 Å². The molecule has 1 saturated heterocycles. The van der Waals surface area contributed by atoms with E-state index in [1.807, 2.05) is 0 Å². The van der Waals surface area contributed by atoms with Crippen molar-refractivity contribution in [3.8, 4) is 11.1 Å². The van der Waals surface area contributed by atoms with Gasteiger partial charge in [0.1, 0.15) is 5.25 Å². The maximum absolute atomic E-state index is 15.2. The molecule has 2 atom stereocenters. The summed E-state index contributed by atoms with van der Waals surface area (Å²) < 4.78 is 42.4. The molecule has 0 saturated carbocycles. The van der Waals surface area contributed by atoms with Crippen LogP contribution in [0.3, 0.4) is 0 Å². The highest BCUT2D eigenvalue weighted by atomic mass is 79.9. The number of alkyl halides is 1. The van der Waals surface area contributed by atoms with Crippen molar-refractivity contribution < 1.29 is 22.7 Å². The first-order valence-corrected chi connectivity index (χ1v) is 10.8. The minimum absolute atomic E-state index is 0.0898. The third kappa shape index (κ3) is 3.63. The third-order valence-electron chi connectivity index (χ3n) is 4.65. The molecule has 5 nitrogen and oxygen atoms in total. The first-order chi connectivity index (χ1) is 12.7. The molecule has 144 valence electrons. The smallest absolute Gasteiger partial charge is 0.342 e. The number of carbonyl (C=O) groups is 1. The molecule has 2 aromatic carbocycles. The Morgan fingerprint density at radius 3 is 2.63 bits per heavy atom. The largest absolute Gasteiger partial charge is 0.479 e. The Morgan fingerprint density at radius 1 is 1.26 bits per heavy atom. The van der Waals surface area contributed by atoms with Crippen LogP contribution in [0.5, 0.6) is 0 Å². The lowest BCUT2D eigenvalue weighted by molar-refractivity contribution is -0.152. The summed E-state index contributed by atoms with van der Waals surface area (Å²) in [4.78, 5) is 11.4. The maximum atomic E-state index is 15.2. The molecule has 0 amide bonds. The lowest BCUT2D eigenvalue weighted by Gasteiger charge is -2.34. The second-order valence-corrected chi connectivity index (χ2v) is 9.70. The Labute approximate surface area is 169 Å². The Hall–Kier alpha value is -1.48. The predicted octanol–water partition coefficient (Wildman–Crippen LogP) is 3.70. The van der Waals surface area contributed by atoms with Gasteiger partial charge in [0, 0.05) is 33.6 Å². The summed E-state index contributed by atoms with van der Waals surface area (Å²) in [6.07, 6.45) is -0.426. The number of nitrogens with one attached hydrogen (secondary N) is 1. The van der Waals surface area contributed by atoms with Crippen molar-refractivity contribution >= 4 is 43.3 Å². The molecule has 1 fully saturated rings. The van der Waals surface area contributed by atoms with E-state index in [1.165, 1.54) is 12.1 Å². The summed E-state index contributed by atoms with van der Waals surface area (Å²) in [5.74, 6) is -1.77. The summed E-state index contributed by atoms with van der Waals surface area (Å²) in [6, 6.07) is 11.1. The van der Waals surface area contributed by atoms with E-state index in [1.54, 1.807) is 30.3 Å². The van der Waals surface area contributed by atoms with Gasteiger partial charge >= 0.3 is 5.97 Å². The molecular formula is C18H16BrClFNO4S. The highest BCUT2D eigenvalue weighted by Gasteiger charge is 2.55. The predicted molar refractivity (Wildman–Crippen MR) is 105 cm³/mol. The molecule has 9 heteroatoms. The number of carboxylic acid groups (broad SMARTS) is 1. The fraction of sp³-hybridized carbons (Fsp3) is 0.278. The van der Waals surface area contributed by atoms with Crippen LogP contribution in [0.4, 0.5) is 4.39 Å². The number of carboxylic acids is 1. The highest BCUT2D eigenvalue weighted by molar-refractivity contribution is 9.10. The van der Waals surface area contributed by atoms with Gasteiger partial charge in [0.05, 0.1) is 4.90 Å². The van der Waals surface area contributed by atoms with Gasteiger partial charge in [0.15, 0.2) is 9.84 Å². The average Bonchev–Trinajstić information content (AvgIpc) is 2.62. The maximum Gasteiger partial charge on any atom is 0.342 e. The van der Waals surface area contributed by atoms with Crippen LogP contribution in [0.15, 0.2) is 51.8 Å². The van der Waals surface area contributed by atoms with E-state index >= 15 is 4.39 Å². The highest BCUT2D eigenvalue weighted by Crippen LogP contribution is 2.39. The van der Waals surface area contributed by atoms with Crippen LogP contribution in [0.2, 0.25) is 5.02 Å². The van der Waals surface area contributed by atoms with Crippen LogP contribution in [0, 0.1) is 0 Å². The third-order valence-corrected chi connectivity index (χ3v) is 7.73. The molecule has 2 aromatic rings. The van der Waals surface area contributed by atoms with E-state index < -0.39 is 33.1 Å². The van der Waals surface area contributed by atoms with Crippen LogP contribution in [-0.2, 0) is 14.6 Å². The average molecular weight is 477 g/mol. The minimum atomic E-state index is -4.32. The van der Waals surface area contributed by atoms with Crippen LogP contribution >= 0.6 is 27.5 Å². The molecule has 2 unspecified atom stereocenters. The van der Waals surface area contributed by atoms with Gasteiger partial charge < -0.3 is 10.4 Å².